The molecule has 0 radical (unpaired) electrons. The first kappa shape index (κ1) is 36.7. The summed E-state index contributed by atoms with van der Waals surface area (Å²) < 4.78 is 70.2. The predicted octanol–water partition coefficient (Wildman–Crippen LogP) is 6.22. The van der Waals surface area contributed by atoms with E-state index in [0.717, 1.165) is 0 Å². The molecule has 15 heteroatoms. The Morgan fingerprint density at radius 3 is 1.71 bits per heavy atom. The first-order valence-electron chi connectivity index (χ1n) is 14.8. The number of aliphatic carboxylic acids is 2. The Balaban J connectivity index is 1.56. The van der Waals surface area contributed by atoms with E-state index in [1.165, 1.54) is 0 Å². The third kappa shape index (κ3) is 8.68. The molecule has 0 aromatic heterocycles. The Labute approximate surface area is 279 Å². The zero-order valence-electron chi connectivity index (χ0n) is 25.6. The van der Waals surface area contributed by atoms with Gasteiger partial charge >= 0.3 is 18.1 Å². The Hall–Kier alpha value is -5.12. The van der Waals surface area contributed by atoms with Gasteiger partial charge in [0, 0.05) is 6.07 Å². The molecule has 0 amide bonds. The van der Waals surface area contributed by atoms with Crippen LogP contribution < -0.4 is 5.32 Å². The maximum absolute atomic E-state index is 13.4. The molecule has 2 atom stereocenters. The largest absolute Gasteiger partial charge is 0.481 e. The number of alkyl halides is 3. The Bertz CT molecular complexity index is 1780. The predicted molar refractivity (Wildman–Crippen MR) is 170 cm³/mol. The molecule has 4 aromatic rings. The van der Waals surface area contributed by atoms with Gasteiger partial charge in [-0.05, 0) is 48.1 Å². The van der Waals surface area contributed by atoms with Gasteiger partial charge in [0.2, 0.25) is 0 Å². The minimum atomic E-state index is -5.23. The topological polar surface area (TPSA) is 173 Å². The monoisotopic (exact) mass is 700 g/mol. The lowest BCUT2D eigenvalue weighted by Crippen LogP contribution is -2.53. The van der Waals surface area contributed by atoms with E-state index in [0.29, 0.717) is 28.8 Å². The Morgan fingerprint density at radius 1 is 0.816 bits per heavy atom. The summed E-state index contributed by atoms with van der Waals surface area (Å²) in [4.78, 5) is 33.8. The van der Waals surface area contributed by atoms with Gasteiger partial charge in [-0.2, -0.15) is 21.6 Å². The van der Waals surface area contributed by atoms with Crippen LogP contribution in [0.1, 0.15) is 41.5 Å². The smallest absolute Gasteiger partial charge is 0.423 e. The van der Waals surface area contributed by atoms with Crippen molar-refractivity contribution in [3.05, 3.63) is 142 Å². The van der Waals surface area contributed by atoms with Gasteiger partial charge in [-0.25, -0.2) is 0 Å². The normalized spacial score (nSPS) is 13.4. The maximum atomic E-state index is 13.4. The van der Waals surface area contributed by atoms with Crippen molar-refractivity contribution in [3.8, 4) is 0 Å². The number of nitrogens with one attached hydrogen (secondary N) is 1. The van der Waals surface area contributed by atoms with E-state index in [2.05, 4.69) is 5.32 Å². The Kier molecular flexibility index (Phi) is 11.5. The molecule has 0 fully saturated rings. The van der Waals surface area contributed by atoms with Crippen molar-refractivity contribution >= 4 is 27.7 Å². The zero-order chi connectivity index (χ0) is 35.8. The summed E-state index contributed by atoms with van der Waals surface area (Å²) in [6.07, 6.45) is -6.14. The number of nitro groups is 1. The molecule has 0 unspecified atom stereocenters. The number of hydrogen-bond donors (Lipinski definition) is 3. The molecule has 0 bridgehead atoms. The van der Waals surface area contributed by atoms with Crippen LogP contribution in [0.4, 0.5) is 18.9 Å². The van der Waals surface area contributed by atoms with E-state index < -0.39 is 79.8 Å². The van der Waals surface area contributed by atoms with Crippen molar-refractivity contribution in [2.24, 2.45) is 5.92 Å². The molecule has 4 aromatic carbocycles. The van der Waals surface area contributed by atoms with Crippen LogP contribution in [0.3, 0.4) is 0 Å². The van der Waals surface area contributed by atoms with Crippen LogP contribution in [0, 0.1) is 16.0 Å². The quantitative estimate of drug-likeness (QED) is 0.0400. The van der Waals surface area contributed by atoms with E-state index in [4.69, 9.17) is 4.18 Å². The molecule has 0 aliphatic heterocycles. The molecule has 11 nitrogen and oxygen atoms in total. The van der Waals surface area contributed by atoms with Gasteiger partial charge in [-0.3, -0.25) is 29.2 Å². The highest BCUT2D eigenvalue weighted by molar-refractivity contribution is 7.86. The molecular formula is C34H31F3N2O9S. The van der Waals surface area contributed by atoms with E-state index >= 15 is 0 Å². The third-order valence-electron chi connectivity index (χ3n) is 7.87. The number of halogens is 3. The van der Waals surface area contributed by atoms with E-state index in [9.17, 15) is 51.5 Å². The average molecular weight is 701 g/mol. The lowest BCUT2D eigenvalue weighted by molar-refractivity contribution is -0.388. The molecule has 3 N–H and O–H groups in total. The molecule has 4 rings (SSSR count). The van der Waals surface area contributed by atoms with Gasteiger partial charge in [0.1, 0.15) is 11.6 Å². The molecule has 0 saturated carbocycles. The lowest BCUT2D eigenvalue weighted by Gasteiger charge is -2.39. The number of carboxylic acids is 2. The fraction of sp³-hybridized carbons (Fsp3) is 0.235. The molecule has 258 valence electrons. The van der Waals surface area contributed by atoms with Crippen molar-refractivity contribution < 1.29 is 50.5 Å². The van der Waals surface area contributed by atoms with Gasteiger partial charge in [-0.15, -0.1) is 0 Å². The summed E-state index contributed by atoms with van der Waals surface area (Å²) in [5, 5.41) is 34.6. The van der Waals surface area contributed by atoms with Crippen LogP contribution in [-0.4, -0.2) is 48.1 Å². The van der Waals surface area contributed by atoms with Gasteiger partial charge in [-0.1, -0.05) is 91.0 Å². The van der Waals surface area contributed by atoms with E-state index in [-0.39, 0.29) is 18.9 Å². The lowest BCUT2D eigenvalue weighted by atomic mass is 9.76. The number of carboxylic acid groups (broad SMARTS) is 2. The average Bonchev–Trinajstić information content (AvgIpc) is 3.08. The summed E-state index contributed by atoms with van der Waals surface area (Å²) in [6, 6.07) is 26.8. The fourth-order valence-corrected chi connectivity index (χ4v) is 6.52. The van der Waals surface area contributed by atoms with Crippen molar-refractivity contribution in [2.75, 3.05) is 6.61 Å². The third-order valence-corrected chi connectivity index (χ3v) is 9.18. The summed E-state index contributed by atoms with van der Waals surface area (Å²) in [5.41, 5.74) is -2.31. The maximum Gasteiger partial charge on any atom is 0.423 e. The molecule has 49 heavy (non-hydrogen) atoms. The van der Waals surface area contributed by atoms with Gasteiger partial charge in [0.15, 0.2) is 0 Å². The van der Waals surface area contributed by atoms with Crippen molar-refractivity contribution in [1.29, 1.82) is 0 Å². The SMILES string of the molecule is O=C(O)[C@@H](CCCOS(=O)(=O)c1ccc([N+](=O)[O-])c(C(F)(F)F)c1)C[C@@H](NC(c1ccccc1)(c1ccccc1)c1ccccc1)C(=O)O. The molecule has 0 aliphatic rings. The van der Waals surface area contributed by atoms with Gasteiger partial charge < -0.3 is 10.2 Å². The van der Waals surface area contributed by atoms with Gasteiger partial charge in [0.05, 0.1) is 27.9 Å². The molecular weight excluding hydrogens is 669 g/mol. The molecule has 0 spiro atoms. The number of hydrogen-bond acceptors (Lipinski definition) is 8. The highest BCUT2D eigenvalue weighted by atomic mass is 32.2. The van der Waals surface area contributed by atoms with Crippen LogP contribution in [0.5, 0.6) is 0 Å². The van der Waals surface area contributed by atoms with Crippen LogP contribution in [0.25, 0.3) is 0 Å². The molecule has 0 aliphatic carbocycles. The van der Waals surface area contributed by atoms with E-state index in [1.807, 2.05) is 36.4 Å². The minimum Gasteiger partial charge on any atom is -0.481 e. The van der Waals surface area contributed by atoms with Crippen LogP contribution in [0.2, 0.25) is 0 Å². The Morgan fingerprint density at radius 2 is 1.31 bits per heavy atom. The number of nitro benzene ring substituents is 1. The minimum absolute atomic E-state index is 0.0924. The van der Waals surface area contributed by atoms with Gasteiger partial charge in [0.25, 0.3) is 15.8 Å². The summed E-state index contributed by atoms with van der Waals surface area (Å²) in [5.74, 6) is -4.00. The number of rotatable bonds is 16. The molecule has 0 heterocycles. The second-order valence-corrected chi connectivity index (χ2v) is 12.6. The molecule has 0 saturated heterocycles. The van der Waals surface area contributed by atoms with Crippen molar-refractivity contribution in [3.63, 3.8) is 0 Å². The van der Waals surface area contributed by atoms with Crippen LogP contribution >= 0.6 is 0 Å². The van der Waals surface area contributed by atoms with Crippen LogP contribution in [0.15, 0.2) is 114 Å². The highest BCUT2D eigenvalue weighted by Gasteiger charge is 2.42. The second-order valence-electron chi connectivity index (χ2n) is 11.0. The standard InChI is InChI=1S/C34H31F3N2O9S/c35-34(36,37)28-22-27(18-19-30(28)39(44)45)49(46,47)48-20-10-11-23(31(40)41)21-29(32(42)43)38-33(24-12-4-1-5-13-24,25-14-6-2-7-15-25)26-16-8-3-9-17-26/h1-9,12-19,22-23,29,38H,10-11,20-21H2,(H,40,41)(H,42,43)/t23-,29+/m0/s1. The summed E-state index contributed by atoms with van der Waals surface area (Å²) in [7, 11) is -4.83. The fourth-order valence-electron chi connectivity index (χ4n) is 5.55. The summed E-state index contributed by atoms with van der Waals surface area (Å²) in [6.45, 7) is -0.655. The number of nitrogens with zero attached hydrogens (tertiary/aromatic N) is 1. The highest BCUT2D eigenvalue weighted by Crippen LogP contribution is 2.39. The second kappa shape index (κ2) is 15.4. The van der Waals surface area contributed by atoms with Crippen molar-refractivity contribution in [1.82, 2.24) is 5.32 Å². The van der Waals surface area contributed by atoms with Crippen LogP contribution in [-0.2, 0) is 35.6 Å². The first-order valence-corrected chi connectivity index (χ1v) is 16.2. The van der Waals surface area contributed by atoms with Crippen molar-refractivity contribution in [2.45, 2.75) is 41.9 Å². The van der Waals surface area contributed by atoms with E-state index in [1.54, 1.807) is 54.6 Å². The first-order chi connectivity index (χ1) is 23.2. The number of benzene rings is 4. The zero-order valence-corrected chi connectivity index (χ0v) is 26.4. The number of carbonyl (C=O) groups is 2. The summed E-state index contributed by atoms with van der Waals surface area (Å²) >= 11 is 0.